The fourth-order valence-electron chi connectivity index (χ4n) is 3.26. The number of piperazine rings is 1. The van der Waals surface area contributed by atoms with Crippen LogP contribution >= 0.6 is 0 Å². The van der Waals surface area contributed by atoms with Gasteiger partial charge < -0.3 is 10.0 Å². The van der Waals surface area contributed by atoms with E-state index in [1.165, 1.54) is 5.69 Å². The monoisotopic (exact) mass is 257 g/mol. The maximum absolute atomic E-state index is 9.28. The number of hydrogen-bond donors (Lipinski definition) is 1. The molecule has 2 unspecified atom stereocenters. The third-order valence-corrected chi connectivity index (χ3v) is 4.32. The lowest BCUT2D eigenvalue weighted by molar-refractivity contribution is 0.209. The largest absolute Gasteiger partial charge is 0.396 e. The molecule has 19 heavy (non-hydrogen) atoms. The molecule has 0 amide bonds. The van der Waals surface area contributed by atoms with Gasteiger partial charge in [-0.05, 0) is 36.6 Å². The molecule has 2 heterocycles. The van der Waals surface area contributed by atoms with Gasteiger partial charge >= 0.3 is 0 Å². The second-order valence-electron chi connectivity index (χ2n) is 5.54. The number of benzene rings is 1. The van der Waals surface area contributed by atoms with Crippen molar-refractivity contribution in [3.63, 3.8) is 0 Å². The highest BCUT2D eigenvalue weighted by Crippen LogP contribution is 2.28. The molecule has 1 aromatic rings. The summed E-state index contributed by atoms with van der Waals surface area (Å²) in [5.41, 5.74) is 1.91. The molecule has 2 fully saturated rings. The molecule has 2 aliphatic rings. The van der Waals surface area contributed by atoms with Crippen LogP contribution in [-0.4, -0.2) is 48.8 Å². The zero-order valence-corrected chi connectivity index (χ0v) is 11.0. The van der Waals surface area contributed by atoms with Crippen LogP contribution in [0.2, 0.25) is 0 Å². The van der Waals surface area contributed by atoms with Crippen molar-refractivity contribution in [1.82, 2.24) is 4.90 Å². The van der Waals surface area contributed by atoms with Crippen molar-refractivity contribution in [2.75, 3.05) is 37.7 Å². The van der Waals surface area contributed by atoms with Crippen LogP contribution in [0, 0.1) is 17.2 Å². The summed E-state index contributed by atoms with van der Waals surface area (Å²) in [5.74, 6) is 0.450. The van der Waals surface area contributed by atoms with Gasteiger partial charge in [-0.25, -0.2) is 0 Å². The van der Waals surface area contributed by atoms with Crippen LogP contribution in [0.15, 0.2) is 24.3 Å². The van der Waals surface area contributed by atoms with Gasteiger partial charge in [0.1, 0.15) is 0 Å². The molecular formula is C15H19N3O. The second kappa shape index (κ2) is 5.20. The molecule has 3 rings (SSSR count). The minimum atomic E-state index is 0.309. The van der Waals surface area contributed by atoms with E-state index >= 15 is 0 Å². The maximum atomic E-state index is 9.28. The van der Waals surface area contributed by atoms with E-state index in [1.54, 1.807) is 0 Å². The van der Waals surface area contributed by atoms with Crippen LogP contribution < -0.4 is 4.90 Å². The lowest BCUT2D eigenvalue weighted by Gasteiger charge is -2.38. The summed E-state index contributed by atoms with van der Waals surface area (Å²) in [6.07, 6.45) is 1.10. The summed E-state index contributed by atoms with van der Waals surface area (Å²) in [7, 11) is 0. The second-order valence-corrected chi connectivity index (χ2v) is 5.54. The number of rotatable bonds is 2. The Bertz CT molecular complexity index is 479. The molecule has 0 aromatic heterocycles. The van der Waals surface area contributed by atoms with Crippen LogP contribution in [-0.2, 0) is 0 Å². The van der Waals surface area contributed by atoms with E-state index in [-0.39, 0.29) is 0 Å². The highest BCUT2D eigenvalue weighted by molar-refractivity contribution is 5.50. The van der Waals surface area contributed by atoms with Crippen molar-refractivity contribution >= 4 is 5.69 Å². The van der Waals surface area contributed by atoms with E-state index in [2.05, 4.69) is 15.9 Å². The van der Waals surface area contributed by atoms with Gasteiger partial charge in [0.15, 0.2) is 0 Å². The van der Waals surface area contributed by atoms with E-state index in [0.29, 0.717) is 24.1 Å². The van der Waals surface area contributed by atoms with Gasteiger partial charge in [0.25, 0.3) is 0 Å². The minimum absolute atomic E-state index is 0.309. The summed E-state index contributed by atoms with van der Waals surface area (Å²) >= 11 is 0. The molecule has 2 atom stereocenters. The Kier molecular flexibility index (Phi) is 3.41. The Labute approximate surface area is 113 Å². The number of anilines is 1. The number of aliphatic hydroxyl groups excluding tert-OH is 1. The van der Waals surface area contributed by atoms with E-state index in [1.807, 2.05) is 24.3 Å². The van der Waals surface area contributed by atoms with Crippen LogP contribution in [0.3, 0.4) is 0 Å². The molecule has 4 nitrogen and oxygen atoms in total. The standard InChI is InChI=1S/C15H19N3O/c16-8-12-1-3-14(4-2-12)18-6-5-17-9-13(11-19)7-15(17)10-18/h1-4,13,15,19H,5-7,9-11H2. The molecule has 0 radical (unpaired) electrons. The Morgan fingerprint density at radius 1 is 1.21 bits per heavy atom. The Balaban J connectivity index is 1.69. The average Bonchev–Trinajstić information content (AvgIpc) is 2.89. The Morgan fingerprint density at radius 2 is 2.00 bits per heavy atom. The third kappa shape index (κ3) is 2.44. The van der Waals surface area contributed by atoms with E-state index in [4.69, 9.17) is 5.26 Å². The Morgan fingerprint density at radius 3 is 2.68 bits per heavy atom. The predicted octanol–water partition coefficient (Wildman–Crippen LogP) is 1.06. The number of fused-ring (bicyclic) bond motifs is 1. The summed E-state index contributed by atoms with van der Waals surface area (Å²) in [6.45, 7) is 4.48. The van der Waals surface area contributed by atoms with Crippen molar-refractivity contribution in [2.45, 2.75) is 12.5 Å². The van der Waals surface area contributed by atoms with Crippen LogP contribution in [0.4, 0.5) is 5.69 Å². The van der Waals surface area contributed by atoms with Crippen molar-refractivity contribution in [2.24, 2.45) is 5.92 Å². The predicted molar refractivity (Wildman–Crippen MR) is 73.9 cm³/mol. The first-order valence-electron chi connectivity index (χ1n) is 6.90. The van der Waals surface area contributed by atoms with Gasteiger partial charge in [-0.3, -0.25) is 4.90 Å². The molecule has 0 bridgehead atoms. The van der Waals surface area contributed by atoms with E-state index in [0.717, 1.165) is 32.6 Å². The van der Waals surface area contributed by atoms with Crippen LogP contribution in [0.1, 0.15) is 12.0 Å². The molecule has 0 saturated carbocycles. The molecule has 1 N–H and O–H groups in total. The fraction of sp³-hybridized carbons (Fsp3) is 0.533. The molecular weight excluding hydrogens is 238 g/mol. The van der Waals surface area contributed by atoms with Gasteiger partial charge in [-0.1, -0.05) is 0 Å². The van der Waals surface area contributed by atoms with Gasteiger partial charge in [0.2, 0.25) is 0 Å². The highest BCUT2D eigenvalue weighted by Gasteiger charge is 2.35. The zero-order valence-electron chi connectivity index (χ0n) is 11.0. The lowest BCUT2D eigenvalue weighted by atomic mass is 10.1. The number of nitrogens with zero attached hydrogens (tertiary/aromatic N) is 3. The average molecular weight is 257 g/mol. The van der Waals surface area contributed by atoms with E-state index < -0.39 is 0 Å². The number of aliphatic hydroxyl groups is 1. The smallest absolute Gasteiger partial charge is 0.0991 e. The third-order valence-electron chi connectivity index (χ3n) is 4.32. The zero-order chi connectivity index (χ0) is 13.2. The van der Waals surface area contributed by atoms with Crippen molar-refractivity contribution in [3.8, 4) is 6.07 Å². The maximum Gasteiger partial charge on any atom is 0.0991 e. The lowest BCUT2D eigenvalue weighted by Crippen LogP contribution is -2.50. The summed E-state index contributed by atoms with van der Waals surface area (Å²) in [5, 5.41) is 18.1. The van der Waals surface area contributed by atoms with Gasteiger partial charge in [0.05, 0.1) is 11.6 Å². The SMILES string of the molecule is N#Cc1ccc(N2CCN3CC(CO)CC3C2)cc1. The Hall–Kier alpha value is -1.57. The highest BCUT2D eigenvalue weighted by atomic mass is 16.3. The quantitative estimate of drug-likeness (QED) is 0.861. The normalized spacial score (nSPS) is 27.1. The van der Waals surface area contributed by atoms with Crippen molar-refractivity contribution in [1.29, 1.82) is 5.26 Å². The van der Waals surface area contributed by atoms with Crippen molar-refractivity contribution in [3.05, 3.63) is 29.8 Å². The fourth-order valence-corrected chi connectivity index (χ4v) is 3.26. The molecule has 100 valence electrons. The molecule has 2 saturated heterocycles. The summed E-state index contributed by atoms with van der Waals surface area (Å²) in [4.78, 5) is 4.89. The van der Waals surface area contributed by atoms with Crippen molar-refractivity contribution < 1.29 is 5.11 Å². The van der Waals surface area contributed by atoms with Gasteiger partial charge in [0, 0.05) is 44.5 Å². The van der Waals surface area contributed by atoms with E-state index in [9.17, 15) is 5.11 Å². The van der Waals surface area contributed by atoms with Crippen LogP contribution in [0.5, 0.6) is 0 Å². The summed E-state index contributed by atoms with van der Waals surface area (Å²) < 4.78 is 0. The summed E-state index contributed by atoms with van der Waals surface area (Å²) in [6, 6.07) is 10.6. The molecule has 4 heteroatoms. The molecule has 0 spiro atoms. The first-order valence-corrected chi connectivity index (χ1v) is 6.90. The van der Waals surface area contributed by atoms with Gasteiger partial charge in [-0.2, -0.15) is 5.26 Å². The van der Waals surface area contributed by atoms with Crippen LogP contribution in [0.25, 0.3) is 0 Å². The first-order chi connectivity index (χ1) is 9.30. The first kappa shape index (κ1) is 12.5. The number of hydrogen-bond acceptors (Lipinski definition) is 4. The topological polar surface area (TPSA) is 50.5 Å². The molecule has 0 aliphatic carbocycles. The molecule has 1 aromatic carbocycles. The van der Waals surface area contributed by atoms with Gasteiger partial charge in [-0.15, -0.1) is 0 Å². The molecule has 2 aliphatic heterocycles. The minimum Gasteiger partial charge on any atom is -0.396 e. The number of nitriles is 1.